The number of benzene rings is 1. The molecule has 1 aromatic carbocycles. The lowest BCUT2D eigenvalue weighted by molar-refractivity contribution is -0.116. The van der Waals surface area contributed by atoms with Crippen LogP contribution in [0.25, 0.3) is 0 Å². The largest absolute Gasteiger partial charge is 0.399 e. The molecule has 0 spiro atoms. The van der Waals surface area contributed by atoms with E-state index in [1.54, 1.807) is 6.07 Å². The van der Waals surface area contributed by atoms with Crippen molar-refractivity contribution in [2.45, 2.75) is 32.6 Å². The molecule has 3 N–H and O–H groups in total. The topological polar surface area (TPSA) is 58.4 Å². The minimum absolute atomic E-state index is 0.0629. The summed E-state index contributed by atoms with van der Waals surface area (Å²) in [5.74, 6) is 0.883. The lowest BCUT2D eigenvalue weighted by atomic mass is 10.0. The van der Waals surface area contributed by atoms with Crippen LogP contribution in [0.4, 0.5) is 11.4 Å². The van der Waals surface area contributed by atoms with Crippen molar-refractivity contribution in [2.24, 2.45) is 5.92 Å². The monoisotopic (exact) mass is 275 g/mol. The van der Waals surface area contributed by atoms with Gasteiger partial charge in [-0.3, -0.25) is 4.79 Å². The summed E-state index contributed by atoms with van der Waals surface area (Å²) < 4.78 is 0. The van der Waals surface area contributed by atoms with Gasteiger partial charge in [-0.15, -0.1) is 0 Å². The summed E-state index contributed by atoms with van der Waals surface area (Å²) in [6.07, 6.45) is 4.35. The highest BCUT2D eigenvalue weighted by Crippen LogP contribution is 2.17. The van der Waals surface area contributed by atoms with Crippen LogP contribution in [0.3, 0.4) is 0 Å². The number of likely N-dealkylation sites (tertiary alicyclic amines) is 1. The number of hydrogen-bond donors (Lipinski definition) is 2. The molecule has 1 saturated heterocycles. The number of amides is 1. The molecule has 110 valence electrons. The molecular formula is C16H25N3O. The quantitative estimate of drug-likeness (QED) is 0.831. The highest BCUT2D eigenvalue weighted by atomic mass is 16.1. The predicted octanol–water partition coefficient (Wildman–Crippen LogP) is 2.72. The molecule has 2 rings (SSSR count). The van der Waals surface area contributed by atoms with Gasteiger partial charge >= 0.3 is 0 Å². The fraction of sp³-hybridized carbons (Fsp3) is 0.562. The smallest absolute Gasteiger partial charge is 0.225 e. The second-order valence-corrected chi connectivity index (χ2v) is 5.80. The Labute approximate surface area is 121 Å². The molecule has 0 aromatic heterocycles. The second kappa shape index (κ2) is 7.29. The molecule has 1 fully saturated rings. The van der Waals surface area contributed by atoms with Crippen molar-refractivity contribution in [3.05, 3.63) is 24.3 Å². The number of rotatable bonds is 4. The van der Waals surface area contributed by atoms with Gasteiger partial charge in [0.1, 0.15) is 0 Å². The van der Waals surface area contributed by atoms with Gasteiger partial charge in [-0.05, 0) is 56.5 Å². The molecule has 1 amide bonds. The lowest BCUT2D eigenvalue weighted by Crippen LogP contribution is -2.29. The van der Waals surface area contributed by atoms with Gasteiger partial charge in [0, 0.05) is 24.3 Å². The fourth-order valence-corrected chi connectivity index (χ4v) is 2.65. The Balaban J connectivity index is 1.74. The maximum absolute atomic E-state index is 11.9. The van der Waals surface area contributed by atoms with Crippen LogP contribution >= 0.6 is 0 Å². The number of carbonyl (C=O) groups is 1. The van der Waals surface area contributed by atoms with Crippen molar-refractivity contribution in [2.75, 3.05) is 30.7 Å². The van der Waals surface area contributed by atoms with Gasteiger partial charge in [0.2, 0.25) is 5.91 Å². The zero-order valence-electron chi connectivity index (χ0n) is 12.3. The maximum Gasteiger partial charge on any atom is 0.225 e. The van der Waals surface area contributed by atoms with Crippen molar-refractivity contribution in [1.29, 1.82) is 0 Å². The van der Waals surface area contributed by atoms with E-state index in [1.165, 1.54) is 19.3 Å². The summed E-state index contributed by atoms with van der Waals surface area (Å²) >= 11 is 0. The standard InChI is InChI=1S/C16H25N3O/c1-13-4-3-9-19(10-7-13)11-8-16(20)18-15-6-2-5-14(17)12-15/h2,5-6,12-13H,3-4,7-11,17H2,1H3,(H,18,20). The van der Waals surface area contributed by atoms with E-state index < -0.39 is 0 Å². The molecule has 1 heterocycles. The summed E-state index contributed by atoms with van der Waals surface area (Å²) in [7, 11) is 0. The van der Waals surface area contributed by atoms with E-state index in [4.69, 9.17) is 5.73 Å². The van der Waals surface area contributed by atoms with Crippen molar-refractivity contribution < 1.29 is 4.79 Å². The molecule has 1 atom stereocenters. The summed E-state index contributed by atoms with van der Waals surface area (Å²) in [4.78, 5) is 14.3. The molecule has 1 aliphatic heterocycles. The Hall–Kier alpha value is -1.55. The molecule has 20 heavy (non-hydrogen) atoms. The number of nitrogens with two attached hydrogens (primary N) is 1. The number of nitrogens with zero attached hydrogens (tertiary/aromatic N) is 1. The first kappa shape index (κ1) is 14.9. The second-order valence-electron chi connectivity index (χ2n) is 5.80. The molecule has 1 unspecified atom stereocenters. The van der Waals surface area contributed by atoms with Gasteiger partial charge in [-0.2, -0.15) is 0 Å². The van der Waals surface area contributed by atoms with Crippen LogP contribution in [0, 0.1) is 5.92 Å². The lowest BCUT2D eigenvalue weighted by Gasteiger charge is -2.19. The Bertz CT molecular complexity index is 447. The Morgan fingerprint density at radius 2 is 2.25 bits per heavy atom. The van der Waals surface area contributed by atoms with Crippen LogP contribution in [0.15, 0.2) is 24.3 Å². The first-order valence-corrected chi connectivity index (χ1v) is 7.51. The van der Waals surface area contributed by atoms with Crippen LogP contribution in [0.5, 0.6) is 0 Å². The van der Waals surface area contributed by atoms with Gasteiger partial charge in [-0.1, -0.05) is 13.0 Å². The Morgan fingerprint density at radius 3 is 3.05 bits per heavy atom. The van der Waals surface area contributed by atoms with Crippen LogP contribution in [0.2, 0.25) is 0 Å². The van der Waals surface area contributed by atoms with E-state index in [0.717, 1.165) is 31.2 Å². The Kier molecular flexibility index (Phi) is 5.41. The van der Waals surface area contributed by atoms with E-state index >= 15 is 0 Å². The minimum Gasteiger partial charge on any atom is -0.399 e. The average Bonchev–Trinajstić information content (AvgIpc) is 2.61. The molecule has 1 aromatic rings. The summed E-state index contributed by atoms with van der Waals surface area (Å²) in [5, 5.41) is 2.90. The summed E-state index contributed by atoms with van der Waals surface area (Å²) in [6, 6.07) is 7.31. The van der Waals surface area contributed by atoms with E-state index in [-0.39, 0.29) is 5.91 Å². The van der Waals surface area contributed by atoms with Crippen molar-refractivity contribution in [3.63, 3.8) is 0 Å². The maximum atomic E-state index is 11.9. The normalized spacial score (nSPS) is 20.4. The molecule has 1 aliphatic rings. The number of anilines is 2. The Morgan fingerprint density at radius 1 is 1.40 bits per heavy atom. The predicted molar refractivity (Wildman–Crippen MR) is 83.6 cm³/mol. The molecule has 4 heteroatoms. The van der Waals surface area contributed by atoms with E-state index in [2.05, 4.69) is 17.1 Å². The van der Waals surface area contributed by atoms with Gasteiger partial charge in [-0.25, -0.2) is 0 Å². The minimum atomic E-state index is 0.0629. The number of hydrogen-bond acceptors (Lipinski definition) is 3. The van der Waals surface area contributed by atoms with Gasteiger partial charge in [0.15, 0.2) is 0 Å². The molecule has 0 saturated carbocycles. The van der Waals surface area contributed by atoms with Gasteiger partial charge < -0.3 is 16.0 Å². The highest BCUT2D eigenvalue weighted by molar-refractivity contribution is 5.91. The molecular weight excluding hydrogens is 250 g/mol. The number of carbonyl (C=O) groups excluding carboxylic acids is 1. The average molecular weight is 275 g/mol. The van der Waals surface area contributed by atoms with Gasteiger partial charge in [0.25, 0.3) is 0 Å². The number of nitrogen functional groups attached to an aromatic ring is 1. The third-order valence-electron chi connectivity index (χ3n) is 3.93. The van der Waals surface area contributed by atoms with Crippen molar-refractivity contribution >= 4 is 17.3 Å². The number of nitrogens with one attached hydrogen (secondary N) is 1. The zero-order valence-corrected chi connectivity index (χ0v) is 12.3. The molecule has 0 aliphatic carbocycles. The third kappa shape index (κ3) is 4.85. The fourth-order valence-electron chi connectivity index (χ4n) is 2.65. The summed E-state index contributed by atoms with van der Waals surface area (Å²) in [6.45, 7) is 5.40. The van der Waals surface area contributed by atoms with E-state index in [0.29, 0.717) is 12.1 Å². The third-order valence-corrected chi connectivity index (χ3v) is 3.93. The van der Waals surface area contributed by atoms with Crippen molar-refractivity contribution in [3.8, 4) is 0 Å². The van der Waals surface area contributed by atoms with E-state index in [9.17, 15) is 4.79 Å². The zero-order chi connectivity index (χ0) is 14.4. The van der Waals surface area contributed by atoms with Crippen LogP contribution in [0.1, 0.15) is 32.6 Å². The van der Waals surface area contributed by atoms with E-state index in [1.807, 2.05) is 18.2 Å². The van der Waals surface area contributed by atoms with Crippen LogP contribution < -0.4 is 11.1 Å². The summed E-state index contributed by atoms with van der Waals surface area (Å²) in [5.41, 5.74) is 7.14. The van der Waals surface area contributed by atoms with Crippen LogP contribution in [-0.4, -0.2) is 30.4 Å². The molecule has 0 radical (unpaired) electrons. The molecule has 4 nitrogen and oxygen atoms in total. The van der Waals surface area contributed by atoms with Crippen molar-refractivity contribution in [1.82, 2.24) is 4.90 Å². The SMILES string of the molecule is CC1CCCN(CCC(=O)Nc2cccc(N)c2)CC1. The first-order chi connectivity index (χ1) is 9.63. The highest BCUT2D eigenvalue weighted by Gasteiger charge is 2.14. The first-order valence-electron chi connectivity index (χ1n) is 7.51. The molecule has 0 bridgehead atoms. The van der Waals surface area contributed by atoms with Crippen LogP contribution in [-0.2, 0) is 4.79 Å². The van der Waals surface area contributed by atoms with Gasteiger partial charge in [0.05, 0.1) is 0 Å².